The maximum Gasteiger partial charge on any atom is 0.226 e. The zero-order chi connectivity index (χ0) is 12.1. The van der Waals surface area contributed by atoms with E-state index in [1.807, 2.05) is 0 Å². The Hall–Kier alpha value is -0.250. The molecule has 15 heavy (non-hydrogen) atoms. The summed E-state index contributed by atoms with van der Waals surface area (Å²) in [7, 11) is -7.30. The maximum atomic E-state index is 11.1. The third-order valence-corrected chi connectivity index (χ3v) is 5.09. The molecule has 0 radical (unpaired) electrons. The van der Waals surface area contributed by atoms with Crippen LogP contribution in [0.5, 0.6) is 0 Å². The number of sulfone groups is 1. The topological polar surface area (TPSA) is 106 Å². The van der Waals surface area contributed by atoms with Crippen LogP contribution in [0.1, 0.15) is 12.8 Å². The first-order valence-electron chi connectivity index (χ1n) is 4.06. The van der Waals surface area contributed by atoms with Gasteiger partial charge in [0.25, 0.3) is 0 Å². The Kier molecular flexibility index (Phi) is 5.63. The summed E-state index contributed by atoms with van der Waals surface area (Å²) in [5.74, 6) is 0. The first-order chi connectivity index (χ1) is 6.62. The van der Waals surface area contributed by atoms with Crippen LogP contribution in [-0.4, -0.2) is 39.7 Å². The van der Waals surface area contributed by atoms with Crippen molar-refractivity contribution in [3.63, 3.8) is 0 Å². The minimum Gasteiger partial charge on any atom is -0.393 e. The van der Waals surface area contributed by atoms with Gasteiger partial charge >= 0.3 is 0 Å². The van der Waals surface area contributed by atoms with Crippen molar-refractivity contribution in [2.75, 3.05) is 17.9 Å². The number of nitrogens with two attached hydrogens (primary N) is 1. The van der Waals surface area contributed by atoms with Gasteiger partial charge in [-0.2, -0.15) is 0 Å². The van der Waals surface area contributed by atoms with Gasteiger partial charge in [0.1, 0.15) is 0 Å². The highest BCUT2D eigenvalue weighted by Crippen LogP contribution is 1.94. The number of thiocarbonyl (C=S) groups is 1. The molecule has 0 aromatic carbocycles. The Balaban J connectivity index is 4.02. The second kappa shape index (κ2) is 5.73. The molecule has 0 amide bonds. The number of hydrogen-bond acceptors (Lipinski definition) is 5. The van der Waals surface area contributed by atoms with Crippen LogP contribution in [0.4, 0.5) is 0 Å². The van der Waals surface area contributed by atoms with Crippen molar-refractivity contribution in [3.8, 4) is 0 Å². The number of sulfonamides is 1. The molecule has 0 bridgehead atoms. The molecule has 6 nitrogen and oxygen atoms in total. The van der Waals surface area contributed by atoms with Crippen LogP contribution in [0.25, 0.3) is 0 Å². The molecule has 3 N–H and O–H groups in total. The van der Waals surface area contributed by atoms with Gasteiger partial charge < -0.3 is 5.73 Å². The SMILES string of the molecule is CS(=O)(=O)CS(=O)(=O)NCCCC(N)=S. The summed E-state index contributed by atoms with van der Waals surface area (Å²) >= 11 is 4.59. The van der Waals surface area contributed by atoms with Gasteiger partial charge in [0, 0.05) is 12.8 Å². The van der Waals surface area contributed by atoms with E-state index >= 15 is 0 Å². The van der Waals surface area contributed by atoms with Crippen molar-refractivity contribution < 1.29 is 16.8 Å². The van der Waals surface area contributed by atoms with Gasteiger partial charge in [0.05, 0.1) is 4.99 Å². The molecular weight excluding hydrogens is 260 g/mol. The molecule has 0 rings (SSSR count). The van der Waals surface area contributed by atoms with Crippen LogP contribution in [-0.2, 0) is 19.9 Å². The van der Waals surface area contributed by atoms with Crippen LogP contribution < -0.4 is 10.5 Å². The van der Waals surface area contributed by atoms with Crippen LogP contribution in [0.2, 0.25) is 0 Å². The standard InChI is InChI=1S/C6H14N2O4S3/c1-14(9,10)5-15(11,12)8-4-2-3-6(7)13/h8H,2-5H2,1H3,(H2,7,13). The number of hydrogen-bond donors (Lipinski definition) is 2. The predicted molar refractivity (Wildman–Crippen MR) is 62.7 cm³/mol. The summed E-state index contributed by atoms with van der Waals surface area (Å²) in [5, 5.41) is -0.896. The molecule has 0 heterocycles. The van der Waals surface area contributed by atoms with E-state index < -0.39 is 24.9 Å². The van der Waals surface area contributed by atoms with E-state index in [0.29, 0.717) is 17.8 Å². The Labute approximate surface area is 95.2 Å². The fraction of sp³-hybridized carbons (Fsp3) is 0.833. The largest absolute Gasteiger partial charge is 0.393 e. The van der Waals surface area contributed by atoms with Gasteiger partial charge in [-0.05, 0) is 12.8 Å². The monoisotopic (exact) mass is 274 g/mol. The molecule has 9 heteroatoms. The average Bonchev–Trinajstić information content (AvgIpc) is 1.93. The summed E-state index contributed by atoms with van der Waals surface area (Å²) in [6, 6.07) is 0. The smallest absolute Gasteiger partial charge is 0.226 e. The van der Waals surface area contributed by atoms with E-state index in [1.165, 1.54) is 0 Å². The van der Waals surface area contributed by atoms with Crippen molar-refractivity contribution in [2.24, 2.45) is 5.73 Å². The van der Waals surface area contributed by atoms with Crippen molar-refractivity contribution >= 4 is 37.1 Å². The highest BCUT2D eigenvalue weighted by atomic mass is 32.3. The van der Waals surface area contributed by atoms with Crippen molar-refractivity contribution in [3.05, 3.63) is 0 Å². The normalized spacial score (nSPS) is 12.6. The molecule has 0 unspecified atom stereocenters. The Morgan fingerprint density at radius 1 is 1.33 bits per heavy atom. The zero-order valence-electron chi connectivity index (χ0n) is 8.26. The van der Waals surface area contributed by atoms with E-state index in [2.05, 4.69) is 16.9 Å². The maximum absolute atomic E-state index is 11.1. The summed E-state index contributed by atoms with van der Waals surface area (Å²) in [6.07, 6.45) is 1.75. The number of nitrogens with one attached hydrogen (secondary N) is 1. The van der Waals surface area contributed by atoms with Gasteiger partial charge in [0.2, 0.25) is 10.0 Å². The van der Waals surface area contributed by atoms with Crippen molar-refractivity contribution in [1.82, 2.24) is 4.72 Å². The fourth-order valence-electron chi connectivity index (χ4n) is 0.814. The molecule has 0 aliphatic rings. The van der Waals surface area contributed by atoms with Gasteiger partial charge in [-0.1, -0.05) is 12.2 Å². The molecule has 0 saturated carbocycles. The van der Waals surface area contributed by atoms with Gasteiger partial charge in [0.15, 0.2) is 14.9 Å². The van der Waals surface area contributed by atoms with Gasteiger partial charge in [-0.3, -0.25) is 0 Å². The third kappa shape index (κ3) is 10.0. The second-order valence-electron chi connectivity index (χ2n) is 3.12. The quantitative estimate of drug-likeness (QED) is 0.454. The van der Waals surface area contributed by atoms with E-state index in [-0.39, 0.29) is 6.54 Å². The minimum atomic E-state index is -3.76. The highest BCUT2D eigenvalue weighted by molar-refractivity contribution is 8.06. The molecule has 0 aromatic heterocycles. The van der Waals surface area contributed by atoms with Crippen LogP contribution in [0, 0.1) is 0 Å². The third-order valence-electron chi connectivity index (χ3n) is 1.29. The summed E-state index contributed by atoms with van der Waals surface area (Å²) in [4.78, 5) is 0.303. The number of rotatable bonds is 7. The Bertz CT molecular complexity index is 412. The second-order valence-corrected chi connectivity index (χ2v) is 7.96. The van der Waals surface area contributed by atoms with E-state index in [0.717, 1.165) is 6.26 Å². The van der Waals surface area contributed by atoms with E-state index in [1.54, 1.807) is 0 Å². The highest BCUT2D eigenvalue weighted by Gasteiger charge is 2.16. The molecule has 90 valence electrons. The summed E-state index contributed by atoms with van der Waals surface area (Å²) < 4.78 is 45.9. The summed E-state index contributed by atoms with van der Waals surface area (Å²) in [5.41, 5.74) is 5.20. The molecule has 0 saturated heterocycles. The molecule has 0 spiro atoms. The first-order valence-corrected chi connectivity index (χ1v) is 8.18. The Morgan fingerprint density at radius 2 is 1.87 bits per heavy atom. The van der Waals surface area contributed by atoms with Crippen molar-refractivity contribution in [2.45, 2.75) is 12.8 Å². The Morgan fingerprint density at radius 3 is 2.27 bits per heavy atom. The van der Waals surface area contributed by atoms with Gasteiger partial charge in [-0.15, -0.1) is 0 Å². The lowest BCUT2D eigenvalue weighted by atomic mass is 10.3. The van der Waals surface area contributed by atoms with Crippen LogP contribution in [0.15, 0.2) is 0 Å². The van der Waals surface area contributed by atoms with Crippen molar-refractivity contribution in [1.29, 1.82) is 0 Å². The van der Waals surface area contributed by atoms with Crippen LogP contribution >= 0.6 is 12.2 Å². The van der Waals surface area contributed by atoms with E-state index in [4.69, 9.17) is 5.73 Å². The fourth-order valence-corrected chi connectivity index (χ4v) is 4.00. The summed E-state index contributed by atoms with van der Waals surface area (Å²) in [6.45, 7) is 0.134. The molecule has 0 fully saturated rings. The zero-order valence-corrected chi connectivity index (χ0v) is 10.7. The van der Waals surface area contributed by atoms with E-state index in [9.17, 15) is 16.8 Å². The predicted octanol–water partition coefficient (Wildman–Crippen LogP) is -1.03. The first kappa shape index (κ1) is 14.8. The molecule has 0 aliphatic carbocycles. The molecular formula is C6H14N2O4S3. The molecule has 0 aromatic rings. The van der Waals surface area contributed by atoms with Crippen LogP contribution in [0.3, 0.4) is 0 Å². The lowest BCUT2D eigenvalue weighted by Gasteiger charge is -2.04. The average molecular weight is 274 g/mol. The minimum absolute atomic E-state index is 0.134. The lowest BCUT2D eigenvalue weighted by Crippen LogP contribution is -2.30. The van der Waals surface area contributed by atoms with Gasteiger partial charge in [-0.25, -0.2) is 21.6 Å². The lowest BCUT2D eigenvalue weighted by molar-refractivity contribution is 0.579. The molecule has 0 aliphatic heterocycles. The molecule has 0 atom stereocenters.